The number of quaternary nitrogens is 1. The molecule has 2 N–H and O–H groups in total. The van der Waals surface area contributed by atoms with Crippen LogP contribution in [0.2, 0.25) is 15.1 Å². The van der Waals surface area contributed by atoms with Gasteiger partial charge in [0.1, 0.15) is 0 Å². The number of hydrogen-bond acceptors (Lipinski definition) is 4. The van der Waals surface area contributed by atoms with Gasteiger partial charge >= 0.3 is 5.91 Å². The number of nitrogens with two attached hydrogens (primary N) is 1. The van der Waals surface area contributed by atoms with Gasteiger partial charge in [0.15, 0.2) is 5.71 Å². The highest BCUT2D eigenvalue weighted by molar-refractivity contribution is 6.37. The van der Waals surface area contributed by atoms with E-state index in [4.69, 9.17) is 34.8 Å². The molecule has 2 aromatic rings. The van der Waals surface area contributed by atoms with E-state index in [-0.39, 0.29) is 11.9 Å². The van der Waals surface area contributed by atoms with Gasteiger partial charge in [-0.05, 0) is 48.7 Å². The zero-order valence-corrected chi connectivity index (χ0v) is 17.8. The highest BCUT2D eigenvalue weighted by Crippen LogP contribution is 2.39. The number of carbonyl (C=O) groups is 1. The molecular weight excluding hydrogens is 431 g/mol. The minimum Gasteiger partial charge on any atom is -0.256 e. The number of primary amides is 1. The Labute approximate surface area is 184 Å². The van der Waals surface area contributed by atoms with E-state index in [1.165, 1.54) is 0 Å². The van der Waals surface area contributed by atoms with Gasteiger partial charge < -0.3 is 0 Å². The minimum atomic E-state index is -0.157. The molecule has 0 bridgehead atoms. The third kappa shape index (κ3) is 4.59. The van der Waals surface area contributed by atoms with E-state index in [0.29, 0.717) is 32.9 Å². The van der Waals surface area contributed by atoms with Crippen LogP contribution in [0.15, 0.2) is 59.8 Å². The molecule has 2 aliphatic rings. The fraction of sp³-hybridized carbons (Fsp3) is 0.238. The Kier molecular flexibility index (Phi) is 6.11. The van der Waals surface area contributed by atoms with Gasteiger partial charge in [-0.15, -0.1) is 0 Å². The fourth-order valence-electron chi connectivity index (χ4n) is 3.50. The second-order valence-electron chi connectivity index (χ2n) is 7.02. The molecule has 1 unspecified atom stereocenters. The zero-order valence-electron chi connectivity index (χ0n) is 15.6. The first-order valence-electron chi connectivity index (χ1n) is 9.40. The van der Waals surface area contributed by atoms with Crippen LogP contribution in [-0.4, -0.2) is 23.2 Å². The average molecular weight is 451 g/mol. The van der Waals surface area contributed by atoms with E-state index in [2.05, 4.69) is 11.2 Å². The van der Waals surface area contributed by atoms with Crippen LogP contribution in [0, 0.1) is 0 Å². The van der Waals surface area contributed by atoms with E-state index in [9.17, 15) is 4.79 Å². The average Bonchev–Trinajstić information content (AvgIpc) is 3.14. The summed E-state index contributed by atoms with van der Waals surface area (Å²) in [5.74, 6) is -0.0944. The maximum Gasteiger partial charge on any atom is 0.383 e. The van der Waals surface area contributed by atoms with Crippen LogP contribution >= 0.6 is 34.8 Å². The van der Waals surface area contributed by atoms with E-state index < -0.39 is 0 Å². The predicted molar refractivity (Wildman–Crippen MR) is 117 cm³/mol. The minimum absolute atomic E-state index is 0.0944. The van der Waals surface area contributed by atoms with Crippen LogP contribution in [-0.2, 0) is 4.79 Å². The van der Waals surface area contributed by atoms with Gasteiger partial charge in [0.25, 0.3) is 0 Å². The number of benzene rings is 2. The molecule has 4 rings (SSSR count). The largest absolute Gasteiger partial charge is 0.383 e. The van der Waals surface area contributed by atoms with Gasteiger partial charge in [0, 0.05) is 22.7 Å². The third-order valence-electron chi connectivity index (χ3n) is 4.97. The molecule has 150 valence electrons. The van der Waals surface area contributed by atoms with Gasteiger partial charge in [-0.3, -0.25) is 5.01 Å². The first kappa shape index (κ1) is 20.2. The molecule has 29 heavy (non-hydrogen) atoms. The first-order chi connectivity index (χ1) is 14.0. The Morgan fingerprint density at radius 3 is 2.52 bits per heavy atom. The van der Waals surface area contributed by atoms with Gasteiger partial charge in [0.2, 0.25) is 0 Å². The van der Waals surface area contributed by atoms with Crippen molar-refractivity contribution in [1.82, 2.24) is 5.01 Å². The summed E-state index contributed by atoms with van der Waals surface area (Å²) in [6, 6.07) is 12.7. The van der Waals surface area contributed by atoms with Crippen molar-refractivity contribution in [2.45, 2.75) is 25.3 Å². The monoisotopic (exact) mass is 449 g/mol. The van der Waals surface area contributed by atoms with Crippen molar-refractivity contribution >= 4 is 52.1 Å². The summed E-state index contributed by atoms with van der Waals surface area (Å²) >= 11 is 18.6. The van der Waals surface area contributed by atoms with Crippen LogP contribution in [0.3, 0.4) is 0 Å². The molecule has 8 heteroatoms. The summed E-state index contributed by atoms with van der Waals surface area (Å²) in [6.45, 7) is 0.836. The van der Waals surface area contributed by atoms with Gasteiger partial charge in [0.05, 0.1) is 23.3 Å². The number of hydrazone groups is 1. The van der Waals surface area contributed by atoms with Gasteiger partial charge in [-0.25, -0.2) is 9.80 Å². The van der Waals surface area contributed by atoms with Crippen molar-refractivity contribution < 1.29 is 10.2 Å². The maximum absolute atomic E-state index is 12.9. The lowest BCUT2D eigenvalue weighted by Crippen LogP contribution is -2.97. The molecule has 1 atom stereocenters. The topological polar surface area (TPSA) is 52.5 Å². The van der Waals surface area contributed by atoms with Crippen LogP contribution in [0.25, 0.3) is 0 Å². The molecule has 0 fully saturated rings. The Balaban J connectivity index is 1.64. The number of hydrogen-bond donors (Lipinski definition) is 1. The summed E-state index contributed by atoms with van der Waals surface area (Å²) in [4.78, 5) is 12.9. The lowest BCUT2D eigenvalue weighted by atomic mass is 10.0. The van der Waals surface area contributed by atoms with Crippen molar-refractivity contribution in [2.24, 2.45) is 5.10 Å². The SMILES string of the molecule is O=C([NH2+]N1C=CCCC1)C1=NN(c2ccc(Cl)cc2Cl)C(c2ccc(Cl)cc2)C1. The standard InChI is InChI=1S/C21H19Cl3N4O/c22-15-6-4-14(5-7-15)20-13-18(21(29)26-27-10-2-1-3-11-27)25-28(20)19-9-8-16(23)12-17(19)24/h2,4-10,12,20H,1,3,11,13H2,(H,26,29)/p+1. The van der Waals surface area contributed by atoms with Gasteiger partial charge in [-0.1, -0.05) is 53.0 Å². The molecule has 0 spiro atoms. The van der Waals surface area contributed by atoms with E-state index in [1.807, 2.05) is 41.5 Å². The first-order valence-corrected chi connectivity index (χ1v) is 10.5. The number of nitrogens with zero attached hydrogens (tertiary/aromatic N) is 3. The Hall–Kier alpha value is -2.05. The van der Waals surface area contributed by atoms with Crippen molar-refractivity contribution in [2.75, 3.05) is 11.6 Å². The molecule has 0 saturated carbocycles. The predicted octanol–water partition coefficient (Wildman–Crippen LogP) is 4.57. The molecule has 0 saturated heterocycles. The van der Waals surface area contributed by atoms with Crippen molar-refractivity contribution in [1.29, 1.82) is 0 Å². The molecule has 2 aliphatic heterocycles. The molecule has 1 amide bonds. The number of carbonyl (C=O) groups excluding carboxylic acids is 1. The van der Waals surface area contributed by atoms with Crippen molar-refractivity contribution in [3.8, 4) is 0 Å². The normalized spacial score (nSPS) is 18.9. The summed E-state index contributed by atoms with van der Waals surface area (Å²) in [5, 5.41) is 10.1. The third-order valence-corrected chi connectivity index (χ3v) is 5.76. The van der Waals surface area contributed by atoms with Crippen molar-refractivity contribution in [3.63, 3.8) is 0 Å². The summed E-state index contributed by atoms with van der Waals surface area (Å²) in [6.07, 6.45) is 6.57. The lowest BCUT2D eigenvalue weighted by Gasteiger charge is -2.25. The molecule has 2 heterocycles. The molecule has 5 nitrogen and oxygen atoms in total. The van der Waals surface area contributed by atoms with E-state index >= 15 is 0 Å². The van der Waals surface area contributed by atoms with Crippen LogP contribution in [0.5, 0.6) is 0 Å². The highest BCUT2D eigenvalue weighted by atomic mass is 35.5. The molecule has 0 radical (unpaired) electrons. The van der Waals surface area contributed by atoms with E-state index in [0.717, 1.165) is 24.9 Å². The summed E-state index contributed by atoms with van der Waals surface area (Å²) < 4.78 is 0. The zero-order chi connectivity index (χ0) is 20.4. The number of allylic oxidation sites excluding steroid dienone is 1. The fourth-order valence-corrected chi connectivity index (χ4v) is 4.12. The Bertz CT molecular complexity index is 974. The van der Waals surface area contributed by atoms with Crippen molar-refractivity contribution in [3.05, 3.63) is 75.4 Å². The van der Waals surface area contributed by atoms with E-state index in [1.54, 1.807) is 22.6 Å². The number of rotatable bonds is 4. The second kappa shape index (κ2) is 8.76. The van der Waals surface area contributed by atoms with Crippen LogP contribution in [0.4, 0.5) is 5.69 Å². The highest BCUT2D eigenvalue weighted by Gasteiger charge is 2.35. The molecule has 2 aromatic carbocycles. The quantitative estimate of drug-likeness (QED) is 0.694. The summed E-state index contributed by atoms with van der Waals surface area (Å²) in [7, 11) is 0. The Morgan fingerprint density at radius 2 is 1.83 bits per heavy atom. The maximum atomic E-state index is 12.9. The number of halogens is 3. The van der Waals surface area contributed by atoms with Gasteiger partial charge in [-0.2, -0.15) is 10.5 Å². The number of amides is 1. The lowest BCUT2D eigenvalue weighted by molar-refractivity contribution is -0.711. The molecule has 0 aromatic heterocycles. The van der Waals surface area contributed by atoms with Crippen LogP contribution < -0.4 is 10.4 Å². The second-order valence-corrected chi connectivity index (χ2v) is 8.30. The molecule has 0 aliphatic carbocycles. The summed E-state index contributed by atoms with van der Waals surface area (Å²) in [5.41, 5.74) is 3.83. The Morgan fingerprint density at radius 1 is 1.07 bits per heavy atom. The number of anilines is 1. The molecular formula is C21H20Cl3N4O+. The smallest absolute Gasteiger partial charge is 0.256 e. The van der Waals surface area contributed by atoms with Crippen LogP contribution in [0.1, 0.15) is 30.9 Å².